The van der Waals surface area contributed by atoms with E-state index in [9.17, 15) is 48.3 Å². The summed E-state index contributed by atoms with van der Waals surface area (Å²) in [4.78, 5) is 141. The fraction of sp³-hybridized carbons (Fsp3) is 0.452. The van der Waals surface area contributed by atoms with E-state index in [1.807, 2.05) is 121 Å². The van der Waals surface area contributed by atoms with Crippen molar-refractivity contribution >= 4 is 59.2 Å². The second kappa shape index (κ2) is 33.1. The minimum atomic E-state index is -1.30. The van der Waals surface area contributed by atoms with Gasteiger partial charge in [0, 0.05) is 92.6 Å². The third-order valence-electron chi connectivity index (χ3n) is 18.9. The van der Waals surface area contributed by atoms with Crippen LogP contribution >= 0.6 is 0 Å². The summed E-state index contributed by atoms with van der Waals surface area (Å²) in [5.74, 6) is -10.0. The lowest BCUT2D eigenvalue weighted by molar-refractivity contribution is -0.150. The number of likely N-dealkylation sites (tertiary alicyclic amines) is 2. The van der Waals surface area contributed by atoms with Crippen LogP contribution in [0.3, 0.4) is 0 Å². The van der Waals surface area contributed by atoms with Crippen molar-refractivity contribution < 1.29 is 81.8 Å². The van der Waals surface area contributed by atoms with Gasteiger partial charge in [-0.05, 0) is 66.1 Å². The van der Waals surface area contributed by atoms with Crippen LogP contribution in [0.1, 0.15) is 105 Å². The van der Waals surface area contributed by atoms with Crippen LogP contribution < -0.4 is 36.6 Å². The zero-order valence-corrected chi connectivity index (χ0v) is 54.3. The van der Waals surface area contributed by atoms with Crippen LogP contribution in [0, 0.1) is 23.7 Å². The molecule has 2 saturated heterocycles. The van der Waals surface area contributed by atoms with E-state index in [0.717, 1.165) is 22.3 Å². The van der Waals surface area contributed by atoms with E-state index in [0.29, 0.717) is 25.7 Å². The van der Waals surface area contributed by atoms with Gasteiger partial charge in [0.2, 0.25) is 29.5 Å². The summed E-state index contributed by atoms with van der Waals surface area (Å²) in [5, 5.41) is 35.9. The number of carboxylic acid groups (broad SMARTS) is 1. The van der Waals surface area contributed by atoms with Crippen molar-refractivity contribution in [1.82, 2.24) is 41.7 Å². The molecule has 25 nitrogen and oxygen atoms in total. The molecular formula is C73H84N8O17. The maximum atomic E-state index is 15.2. The molecule has 13 atom stereocenters. The van der Waals surface area contributed by atoms with E-state index in [1.54, 1.807) is 0 Å². The molecule has 6 aliphatic rings. The molecule has 8 amide bonds. The summed E-state index contributed by atoms with van der Waals surface area (Å²) < 4.78 is 27.3. The Kier molecular flexibility index (Phi) is 23.6. The van der Waals surface area contributed by atoms with Crippen LogP contribution in [-0.2, 0) is 57.3 Å². The predicted octanol–water partition coefficient (Wildman–Crippen LogP) is 3.18. The molecule has 0 aromatic heterocycles. The van der Waals surface area contributed by atoms with Crippen molar-refractivity contribution in [3.63, 3.8) is 0 Å². The zero-order chi connectivity index (χ0) is 68.7. The first-order valence-corrected chi connectivity index (χ1v) is 33.7. The van der Waals surface area contributed by atoms with Gasteiger partial charge in [-0.2, -0.15) is 0 Å². The first-order valence-electron chi connectivity index (χ1n) is 33.7. The lowest BCUT2D eigenvalue weighted by atomic mass is 9.94. The van der Waals surface area contributed by atoms with Crippen LogP contribution in [-0.4, -0.2) is 202 Å². The highest BCUT2D eigenvalue weighted by Crippen LogP contribution is 2.45. The molecule has 4 aliphatic carbocycles. The summed E-state index contributed by atoms with van der Waals surface area (Å²) in [6.07, 6.45) is 2.48. The van der Waals surface area contributed by atoms with Gasteiger partial charge in [-0.15, -0.1) is 0 Å². The number of aliphatic carboxylic acids is 1. The number of amides is 8. The Morgan fingerprint density at radius 2 is 0.857 bits per heavy atom. The maximum Gasteiger partial charge on any atom is 0.328 e. The Morgan fingerprint density at radius 1 is 0.469 bits per heavy atom. The SMILES string of the molecule is O=C(O)CCOCCOCCOCCOC(=O)[C@H](CCO)NC(=O)CNC(=O)COc1cc(C(=O)N2C[C@@H](C(=O)N[C@H]3C[C@@H]3c3ccccc3)[C@H](C(=O)N[C@H]3C[C@@H]3c3ccccc3)C2)ccc1C(=O)N1C[C@@H](C(=O)N[C@H]2C[C@@H]2c2ccccc2)[C@H](C(=O)N[C@H]2C[C@@H]2c2ccccc2)C1. The number of esters is 1. The summed E-state index contributed by atoms with van der Waals surface area (Å²) in [7, 11) is 0. The maximum absolute atomic E-state index is 15.2. The molecule has 2 heterocycles. The Balaban J connectivity index is 0.774. The number of nitrogens with zero attached hydrogens (tertiary/aromatic N) is 2. The highest BCUT2D eigenvalue weighted by Gasteiger charge is 2.51. The predicted molar refractivity (Wildman–Crippen MR) is 353 cm³/mol. The Bertz CT molecular complexity index is 3500. The average molecular weight is 1350 g/mol. The number of aliphatic hydroxyl groups is 1. The molecule has 5 aromatic rings. The minimum absolute atomic E-state index is 0.0174. The van der Waals surface area contributed by atoms with E-state index in [4.69, 9.17) is 28.8 Å². The van der Waals surface area contributed by atoms with Gasteiger partial charge in [0.1, 0.15) is 18.4 Å². The highest BCUT2D eigenvalue weighted by atomic mass is 16.6. The minimum Gasteiger partial charge on any atom is -0.483 e. The molecule has 518 valence electrons. The molecule has 8 N–H and O–H groups in total. The van der Waals surface area contributed by atoms with Crippen LogP contribution in [0.25, 0.3) is 0 Å². The monoisotopic (exact) mass is 1340 g/mol. The normalized spacial score (nSPS) is 24.2. The summed E-state index contributed by atoms with van der Waals surface area (Å²) in [6, 6.07) is 41.2. The average Bonchev–Trinajstić information content (AvgIpc) is 1.63. The number of nitrogens with one attached hydrogen (secondary N) is 6. The quantitative estimate of drug-likeness (QED) is 0.0213. The number of carbonyl (C=O) groups is 10. The standard InChI is InChI=1S/C73H84N8O17/c82-25-23-58(73(93)97-32-31-96-30-29-95-28-27-94-26-24-66(85)86)75-64(83)38-74-65(84)43-98-63-33-48(71(91)80-39-54(67(87)76-59-34-50(59)44-13-5-1-6-14-44)55(40-80)68(88)77-60-35-51(60)45-15-7-2-8-16-45)21-22-49(63)72(92)81-41-56(69(89)78-61-36-52(61)46-17-9-3-10-18-46)57(42-81)70(90)79-62-37-53(62)47-19-11-4-12-20-47/h1-22,33,50-62,82H,23-32,34-43H2,(H,74,84)(H,75,83)(H,76,87)(H,77,88)(H,78,89)(H,79,90)(H,85,86)/t50-,51-,52-,53-,54-,55-,56-,57-,58+,59+,60+,61+,62+/m1/s1. The molecule has 0 radical (unpaired) electrons. The number of carboxylic acids is 1. The van der Waals surface area contributed by atoms with Gasteiger partial charge < -0.3 is 75.6 Å². The Hall–Kier alpha value is -9.56. The fourth-order valence-electron chi connectivity index (χ4n) is 13.2. The molecule has 5 aromatic carbocycles. The summed E-state index contributed by atoms with van der Waals surface area (Å²) in [5.41, 5.74) is 4.15. The van der Waals surface area contributed by atoms with Crippen LogP contribution in [0.5, 0.6) is 5.75 Å². The molecule has 0 bridgehead atoms. The largest absolute Gasteiger partial charge is 0.483 e. The van der Waals surface area contributed by atoms with Crippen LogP contribution in [0.4, 0.5) is 0 Å². The second-order valence-electron chi connectivity index (χ2n) is 25.9. The van der Waals surface area contributed by atoms with Crippen molar-refractivity contribution in [3.8, 4) is 5.75 Å². The van der Waals surface area contributed by atoms with Gasteiger partial charge in [0.05, 0.1) is 81.8 Å². The number of ether oxygens (including phenoxy) is 5. The molecule has 0 unspecified atom stereocenters. The van der Waals surface area contributed by atoms with Gasteiger partial charge in [0.25, 0.3) is 17.7 Å². The van der Waals surface area contributed by atoms with Gasteiger partial charge in [-0.1, -0.05) is 121 Å². The fourth-order valence-corrected chi connectivity index (χ4v) is 13.2. The van der Waals surface area contributed by atoms with E-state index < -0.39 is 85.0 Å². The number of hydrogen-bond donors (Lipinski definition) is 8. The molecule has 98 heavy (non-hydrogen) atoms. The number of aliphatic hydroxyl groups excluding tert-OH is 1. The Morgan fingerprint density at radius 3 is 1.26 bits per heavy atom. The van der Waals surface area contributed by atoms with Gasteiger partial charge in [0.15, 0.2) is 6.61 Å². The van der Waals surface area contributed by atoms with E-state index in [-0.39, 0.29) is 174 Å². The summed E-state index contributed by atoms with van der Waals surface area (Å²) >= 11 is 0. The zero-order valence-electron chi connectivity index (χ0n) is 54.3. The van der Waals surface area contributed by atoms with Crippen LogP contribution in [0.2, 0.25) is 0 Å². The molecular weight excluding hydrogens is 1260 g/mol. The number of carbonyl (C=O) groups excluding carboxylic acids is 9. The topological polar surface area (TPSA) is 336 Å². The summed E-state index contributed by atoms with van der Waals surface area (Å²) in [6.45, 7) is -1.96. The van der Waals surface area contributed by atoms with E-state index >= 15 is 4.79 Å². The first-order chi connectivity index (χ1) is 47.6. The van der Waals surface area contributed by atoms with Crippen molar-refractivity contribution in [2.24, 2.45) is 23.7 Å². The molecule has 4 saturated carbocycles. The molecule has 25 heteroatoms. The smallest absolute Gasteiger partial charge is 0.328 e. The van der Waals surface area contributed by atoms with E-state index in [2.05, 4.69) is 31.9 Å². The lowest BCUT2D eigenvalue weighted by Gasteiger charge is -2.21. The van der Waals surface area contributed by atoms with Gasteiger partial charge in [-0.25, -0.2) is 4.79 Å². The molecule has 11 rings (SSSR count). The van der Waals surface area contributed by atoms with Gasteiger partial charge >= 0.3 is 11.9 Å². The van der Waals surface area contributed by atoms with Gasteiger partial charge in [-0.3, -0.25) is 43.2 Å². The Labute approximate surface area is 567 Å². The third-order valence-corrected chi connectivity index (χ3v) is 18.9. The van der Waals surface area contributed by atoms with Crippen LogP contribution in [0.15, 0.2) is 140 Å². The lowest BCUT2D eigenvalue weighted by Crippen LogP contribution is -2.47. The third kappa shape index (κ3) is 18.8. The van der Waals surface area contributed by atoms with Crippen molar-refractivity contribution in [2.75, 3.05) is 92.2 Å². The van der Waals surface area contributed by atoms with Crippen molar-refractivity contribution in [1.29, 1.82) is 0 Å². The second-order valence-corrected chi connectivity index (χ2v) is 25.9. The molecule has 0 spiro atoms. The van der Waals surface area contributed by atoms with E-state index in [1.165, 1.54) is 28.0 Å². The van der Waals surface area contributed by atoms with Crippen molar-refractivity contribution in [3.05, 3.63) is 173 Å². The number of hydrogen-bond acceptors (Lipinski definition) is 16. The number of rotatable bonds is 35. The highest BCUT2D eigenvalue weighted by molar-refractivity contribution is 6.02. The molecule has 6 fully saturated rings. The van der Waals surface area contributed by atoms with Crippen molar-refractivity contribution in [2.45, 2.75) is 92.4 Å². The molecule has 2 aliphatic heterocycles. The number of benzene rings is 5. The first kappa shape index (κ1) is 69.8.